The molecule has 0 aliphatic heterocycles. The van der Waals surface area contributed by atoms with Crippen molar-refractivity contribution in [3.63, 3.8) is 0 Å². The minimum absolute atomic E-state index is 0.205. The number of hydrogen-bond donors (Lipinski definition) is 1. The lowest BCUT2D eigenvalue weighted by Gasteiger charge is -2.22. The average molecular weight is 274 g/mol. The molecule has 0 unspecified atom stereocenters. The van der Waals surface area contributed by atoms with Crippen LogP contribution in [0.5, 0.6) is 0 Å². The Hall–Kier alpha value is -1.60. The minimum Gasteiger partial charge on any atom is -0.349 e. The molecule has 0 aromatic carbocycles. The highest BCUT2D eigenvalue weighted by atomic mass is 32.1. The summed E-state index contributed by atoms with van der Waals surface area (Å²) in [6.07, 6.45) is 7.34. The van der Waals surface area contributed by atoms with Gasteiger partial charge in [-0.25, -0.2) is 0 Å². The lowest BCUT2D eigenvalue weighted by molar-refractivity contribution is -0.117. The third-order valence-corrected chi connectivity index (χ3v) is 4.45. The van der Waals surface area contributed by atoms with Gasteiger partial charge in [-0.3, -0.25) is 4.79 Å². The average Bonchev–Trinajstić information content (AvgIpc) is 2.82. The predicted octanol–water partition coefficient (Wildman–Crippen LogP) is 3.41. The second kappa shape index (κ2) is 6.53. The molecule has 0 radical (unpaired) electrons. The van der Waals surface area contributed by atoms with Crippen LogP contribution in [-0.4, -0.2) is 11.9 Å². The van der Waals surface area contributed by atoms with E-state index in [1.54, 1.807) is 17.4 Å². The molecule has 1 N–H and O–H groups in total. The van der Waals surface area contributed by atoms with E-state index in [-0.39, 0.29) is 17.5 Å². The monoisotopic (exact) mass is 274 g/mol. The summed E-state index contributed by atoms with van der Waals surface area (Å²) in [5.41, 5.74) is 1.30. The Balaban J connectivity index is 2.05. The highest BCUT2D eigenvalue weighted by molar-refractivity contribution is 7.11. The number of carbonyl (C=O) groups is 1. The normalized spacial score (nSPS) is 16.9. The molecule has 1 saturated carbocycles. The van der Waals surface area contributed by atoms with Gasteiger partial charge in [-0.05, 0) is 42.9 Å². The predicted molar refractivity (Wildman–Crippen MR) is 77.7 cm³/mol. The van der Waals surface area contributed by atoms with Crippen molar-refractivity contribution >= 4 is 23.3 Å². The highest BCUT2D eigenvalue weighted by Crippen LogP contribution is 2.20. The van der Waals surface area contributed by atoms with Crippen molar-refractivity contribution in [2.75, 3.05) is 0 Å². The summed E-state index contributed by atoms with van der Waals surface area (Å²) in [6, 6.07) is 4.24. The molecule has 1 aliphatic rings. The van der Waals surface area contributed by atoms with Crippen molar-refractivity contribution in [3.05, 3.63) is 27.5 Å². The third-order valence-electron chi connectivity index (χ3n) is 3.48. The van der Waals surface area contributed by atoms with Gasteiger partial charge in [-0.2, -0.15) is 5.26 Å². The Labute approximate surface area is 117 Å². The van der Waals surface area contributed by atoms with E-state index >= 15 is 0 Å². The molecule has 3 nitrogen and oxygen atoms in total. The van der Waals surface area contributed by atoms with E-state index in [0.717, 1.165) is 23.3 Å². The molecule has 0 bridgehead atoms. The summed E-state index contributed by atoms with van der Waals surface area (Å²) in [5, 5.41) is 14.1. The van der Waals surface area contributed by atoms with Crippen LogP contribution >= 0.6 is 11.3 Å². The van der Waals surface area contributed by atoms with Gasteiger partial charge in [0.2, 0.25) is 0 Å². The van der Waals surface area contributed by atoms with Gasteiger partial charge in [0.25, 0.3) is 5.91 Å². The number of nitrogens with zero attached hydrogens (tertiary/aromatic N) is 1. The first-order chi connectivity index (χ1) is 9.20. The van der Waals surface area contributed by atoms with Gasteiger partial charge in [0.1, 0.15) is 11.6 Å². The smallest absolute Gasteiger partial charge is 0.262 e. The molecule has 19 heavy (non-hydrogen) atoms. The van der Waals surface area contributed by atoms with Crippen molar-refractivity contribution in [3.8, 4) is 6.07 Å². The summed E-state index contributed by atoms with van der Waals surface area (Å²) in [4.78, 5) is 13.1. The second-order valence-electron chi connectivity index (χ2n) is 4.95. The first kappa shape index (κ1) is 13.8. The molecule has 1 aromatic rings. The van der Waals surface area contributed by atoms with Gasteiger partial charge in [-0.1, -0.05) is 19.3 Å². The summed E-state index contributed by atoms with van der Waals surface area (Å²) >= 11 is 1.55. The third kappa shape index (κ3) is 3.68. The zero-order valence-electron chi connectivity index (χ0n) is 11.1. The SMILES string of the molecule is Cc1ccsc1/C=C(\C#N)C(=O)NC1CCCCC1. The van der Waals surface area contributed by atoms with Crippen molar-refractivity contribution < 1.29 is 4.79 Å². The van der Waals surface area contributed by atoms with Gasteiger partial charge in [-0.15, -0.1) is 11.3 Å². The van der Waals surface area contributed by atoms with E-state index in [0.29, 0.717) is 0 Å². The molecule has 100 valence electrons. The molecule has 4 heteroatoms. The van der Waals surface area contributed by atoms with E-state index in [4.69, 9.17) is 5.26 Å². The van der Waals surface area contributed by atoms with Gasteiger partial charge in [0, 0.05) is 10.9 Å². The van der Waals surface area contributed by atoms with Gasteiger partial charge >= 0.3 is 0 Å². The minimum atomic E-state index is -0.234. The summed E-state index contributed by atoms with van der Waals surface area (Å²) in [7, 11) is 0. The Morgan fingerprint density at radius 1 is 1.47 bits per heavy atom. The van der Waals surface area contributed by atoms with E-state index in [9.17, 15) is 4.79 Å². The van der Waals surface area contributed by atoms with Crippen LogP contribution in [0.2, 0.25) is 0 Å². The van der Waals surface area contributed by atoms with Crippen LogP contribution < -0.4 is 5.32 Å². The van der Waals surface area contributed by atoms with Crippen LogP contribution in [0.15, 0.2) is 17.0 Å². The maximum atomic E-state index is 12.1. The summed E-state index contributed by atoms with van der Waals surface area (Å²) < 4.78 is 0. The fraction of sp³-hybridized carbons (Fsp3) is 0.467. The largest absolute Gasteiger partial charge is 0.349 e. The number of amides is 1. The van der Waals surface area contributed by atoms with Crippen LogP contribution in [0.4, 0.5) is 0 Å². The second-order valence-corrected chi connectivity index (χ2v) is 5.89. The molecule has 0 spiro atoms. The fourth-order valence-corrected chi connectivity index (χ4v) is 3.18. The van der Waals surface area contributed by atoms with Crippen LogP contribution in [0.1, 0.15) is 42.5 Å². The molecule has 1 fully saturated rings. The standard InChI is InChI=1S/C15H18N2OS/c1-11-7-8-19-14(11)9-12(10-16)15(18)17-13-5-3-2-4-6-13/h7-9,13H,2-6H2,1H3,(H,17,18)/b12-9+. The zero-order chi connectivity index (χ0) is 13.7. The first-order valence-corrected chi connectivity index (χ1v) is 7.55. The molecular weight excluding hydrogens is 256 g/mol. The van der Waals surface area contributed by atoms with Crippen molar-refractivity contribution in [2.24, 2.45) is 0 Å². The molecule has 1 aliphatic carbocycles. The quantitative estimate of drug-likeness (QED) is 0.678. The number of nitriles is 1. The van der Waals surface area contributed by atoms with Gasteiger partial charge in [0.05, 0.1) is 0 Å². The maximum Gasteiger partial charge on any atom is 0.262 e. The lowest BCUT2D eigenvalue weighted by Crippen LogP contribution is -2.36. The molecule has 2 rings (SSSR count). The van der Waals surface area contributed by atoms with Crippen LogP contribution in [0.3, 0.4) is 0 Å². The molecule has 1 amide bonds. The molecule has 0 saturated heterocycles. The summed E-state index contributed by atoms with van der Waals surface area (Å²) in [5.74, 6) is -0.234. The topological polar surface area (TPSA) is 52.9 Å². The van der Waals surface area contributed by atoms with Gasteiger partial charge in [0.15, 0.2) is 0 Å². The van der Waals surface area contributed by atoms with E-state index in [1.807, 2.05) is 24.4 Å². The van der Waals surface area contributed by atoms with Crippen molar-refractivity contribution in [2.45, 2.75) is 45.1 Å². The number of carbonyl (C=O) groups excluding carboxylic acids is 1. The highest BCUT2D eigenvalue weighted by Gasteiger charge is 2.18. The van der Waals surface area contributed by atoms with E-state index in [1.165, 1.54) is 19.3 Å². The van der Waals surface area contributed by atoms with E-state index < -0.39 is 0 Å². The zero-order valence-corrected chi connectivity index (χ0v) is 11.9. The number of thiophene rings is 1. The maximum absolute atomic E-state index is 12.1. The Kier molecular flexibility index (Phi) is 4.75. The number of hydrogen-bond acceptors (Lipinski definition) is 3. The van der Waals surface area contributed by atoms with Crippen LogP contribution in [0.25, 0.3) is 6.08 Å². The van der Waals surface area contributed by atoms with Crippen molar-refractivity contribution in [1.29, 1.82) is 5.26 Å². The van der Waals surface area contributed by atoms with Gasteiger partial charge < -0.3 is 5.32 Å². The first-order valence-electron chi connectivity index (χ1n) is 6.67. The number of rotatable bonds is 3. The number of aryl methyl sites for hydroxylation is 1. The summed E-state index contributed by atoms with van der Waals surface area (Å²) in [6.45, 7) is 1.98. The van der Waals surface area contributed by atoms with Crippen molar-refractivity contribution in [1.82, 2.24) is 5.32 Å². The lowest BCUT2D eigenvalue weighted by atomic mass is 9.95. The van der Waals surface area contributed by atoms with E-state index in [2.05, 4.69) is 5.32 Å². The Morgan fingerprint density at radius 2 is 2.21 bits per heavy atom. The Morgan fingerprint density at radius 3 is 2.79 bits per heavy atom. The van der Waals surface area contributed by atoms with Crippen LogP contribution in [-0.2, 0) is 4.79 Å². The fourth-order valence-electron chi connectivity index (χ4n) is 2.32. The Bertz CT molecular complexity index is 518. The number of nitrogens with one attached hydrogen (secondary N) is 1. The molecule has 1 heterocycles. The molecule has 0 atom stereocenters. The van der Waals surface area contributed by atoms with Crippen LogP contribution in [0, 0.1) is 18.3 Å². The molecule has 1 aromatic heterocycles. The molecular formula is C15H18N2OS.